The fourth-order valence-corrected chi connectivity index (χ4v) is 2.07. The average Bonchev–Trinajstić information content (AvgIpc) is 2.64. The van der Waals surface area contributed by atoms with E-state index < -0.39 is 0 Å². The molecule has 0 amide bonds. The molecule has 0 bridgehead atoms. The standard InChI is InChI=1S/C11H8O.C7H14O2/c1-8-3-2-4-9-5-6-10(12)7-11(8)9;1-6(2)7(3,4)9-5-8-6/h2-4H,7H2,1H3;5H2,1-4H3. The van der Waals surface area contributed by atoms with E-state index >= 15 is 0 Å². The Kier molecular flexibility index (Phi) is 4.22. The molecule has 21 heavy (non-hydrogen) atoms. The van der Waals surface area contributed by atoms with Crippen LogP contribution in [0.25, 0.3) is 0 Å². The van der Waals surface area contributed by atoms with E-state index in [2.05, 4.69) is 11.8 Å². The fraction of sp³-hybridized carbons (Fsp3) is 0.500. The number of ketones is 1. The van der Waals surface area contributed by atoms with Crippen molar-refractivity contribution in [2.75, 3.05) is 6.79 Å². The maximum Gasteiger partial charge on any atom is 0.210 e. The molecule has 3 nitrogen and oxygen atoms in total. The molecular weight excluding hydrogens is 264 g/mol. The topological polar surface area (TPSA) is 35.5 Å². The summed E-state index contributed by atoms with van der Waals surface area (Å²) in [5.41, 5.74) is 3.01. The van der Waals surface area contributed by atoms with Crippen molar-refractivity contribution in [3.8, 4) is 11.8 Å². The summed E-state index contributed by atoms with van der Waals surface area (Å²) < 4.78 is 10.7. The molecule has 1 aliphatic carbocycles. The highest BCUT2D eigenvalue weighted by atomic mass is 16.7. The Morgan fingerprint density at radius 1 is 1.05 bits per heavy atom. The first-order chi connectivity index (χ1) is 9.73. The number of carbonyl (C=O) groups is 1. The molecule has 0 N–H and O–H groups in total. The molecule has 3 rings (SSSR count). The second kappa shape index (κ2) is 5.63. The van der Waals surface area contributed by atoms with Crippen LogP contribution in [-0.2, 0) is 20.7 Å². The van der Waals surface area contributed by atoms with E-state index in [4.69, 9.17) is 9.47 Å². The molecule has 1 saturated heterocycles. The van der Waals surface area contributed by atoms with Crippen LogP contribution in [0.15, 0.2) is 18.2 Å². The van der Waals surface area contributed by atoms with Crippen LogP contribution in [0.1, 0.15) is 44.4 Å². The molecule has 1 heterocycles. The van der Waals surface area contributed by atoms with Gasteiger partial charge in [-0.15, -0.1) is 0 Å². The Hall–Kier alpha value is -1.63. The van der Waals surface area contributed by atoms with E-state index in [0.717, 1.165) is 16.7 Å². The van der Waals surface area contributed by atoms with Gasteiger partial charge < -0.3 is 9.47 Å². The van der Waals surface area contributed by atoms with E-state index in [1.54, 1.807) is 0 Å². The van der Waals surface area contributed by atoms with Crippen LogP contribution >= 0.6 is 0 Å². The Morgan fingerprint density at radius 2 is 1.67 bits per heavy atom. The van der Waals surface area contributed by atoms with Crippen molar-refractivity contribution in [3.63, 3.8) is 0 Å². The third-order valence-electron chi connectivity index (χ3n) is 4.37. The van der Waals surface area contributed by atoms with Crippen LogP contribution in [0.2, 0.25) is 0 Å². The number of hydrogen-bond donors (Lipinski definition) is 0. The quantitative estimate of drug-likeness (QED) is 0.688. The number of carbonyl (C=O) groups excluding carboxylic acids is 1. The zero-order valence-electron chi connectivity index (χ0n) is 13.4. The molecule has 0 atom stereocenters. The van der Waals surface area contributed by atoms with Gasteiger partial charge in [-0.25, -0.2) is 0 Å². The molecule has 0 saturated carbocycles. The molecule has 1 aromatic carbocycles. The molecule has 1 fully saturated rings. The number of fused-ring (bicyclic) bond motifs is 1. The number of hydrogen-bond acceptors (Lipinski definition) is 3. The molecule has 1 aromatic rings. The minimum absolute atomic E-state index is 0.0248. The summed E-state index contributed by atoms with van der Waals surface area (Å²) in [4.78, 5) is 11.0. The normalized spacial score (nSPS) is 20.7. The highest BCUT2D eigenvalue weighted by molar-refractivity contribution is 5.99. The lowest BCUT2D eigenvalue weighted by Crippen LogP contribution is -2.41. The fourth-order valence-electron chi connectivity index (χ4n) is 2.07. The molecule has 0 radical (unpaired) electrons. The number of aryl methyl sites for hydroxylation is 1. The molecular formula is C18H22O3. The van der Waals surface area contributed by atoms with Crippen LogP contribution in [-0.4, -0.2) is 23.8 Å². The molecule has 2 aliphatic rings. The second-order valence-electron chi connectivity index (χ2n) is 6.38. The van der Waals surface area contributed by atoms with Crippen molar-refractivity contribution >= 4 is 5.78 Å². The van der Waals surface area contributed by atoms with E-state index in [-0.39, 0.29) is 17.0 Å². The summed E-state index contributed by atoms with van der Waals surface area (Å²) in [6, 6.07) is 5.94. The third kappa shape index (κ3) is 3.34. The third-order valence-corrected chi connectivity index (χ3v) is 4.37. The maximum absolute atomic E-state index is 11.0. The highest BCUT2D eigenvalue weighted by Gasteiger charge is 2.44. The van der Waals surface area contributed by atoms with Gasteiger partial charge in [-0.2, -0.15) is 0 Å². The number of rotatable bonds is 0. The molecule has 112 valence electrons. The first kappa shape index (κ1) is 15.8. The molecule has 0 unspecified atom stereocenters. The summed E-state index contributed by atoms with van der Waals surface area (Å²) in [6.45, 7) is 10.6. The number of ether oxygens (including phenoxy) is 2. The molecule has 3 heteroatoms. The smallest absolute Gasteiger partial charge is 0.210 e. The van der Waals surface area contributed by atoms with Crippen molar-refractivity contribution in [2.45, 2.75) is 52.2 Å². The molecule has 0 spiro atoms. The van der Waals surface area contributed by atoms with Gasteiger partial charge in [-0.1, -0.05) is 18.1 Å². The zero-order valence-corrected chi connectivity index (χ0v) is 13.4. The predicted octanol–water partition coefficient (Wildman–Crippen LogP) is 3.02. The lowest BCUT2D eigenvalue weighted by atomic mass is 9.90. The first-order valence-corrected chi connectivity index (χ1v) is 7.14. The SMILES string of the molecule is CC1(C)OCOC1(C)C.Cc1cccc2c1CC(=O)C#C2. The van der Waals surface area contributed by atoms with Gasteiger partial charge in [-0.3, -0.25) is 4.79 Å². The van der Waals surface area contributed by atoms with Gasteiger partial charge in [0.05, 0.1) is 11.2 Å². The van der Waals surface area contributed by atoms with Crippen LogP contribution in [0.3, 0.4) is 0 Å². The minimum atomic E-state index is -0.132. The summed E-state index contributed by atoms with van der Waals surface area (Å²) >= 11 is 0. The minimum Gasteiger partial charge on any atom is -0.347 e. The Morgan fingerprint density at radius 3 is 2.19 bits per heavy atom. The van der Waals surface area contributed by atoms with E-state index in [1.165, 1.54) is 0 Å². The number of benzene rings is 1. The van der Waals surface area contributed by atoms with Crippen molar-refractivity contribution in [1.82, 2.24) is 0 Å². The summed E-state index contributed by atoms with van der Waals surface area (Å²) in [5.74, 6) is 5.45. The lowest BCUT2D eigenvalue weighted by molar-refractivity contribution is -0.113. The largest absolute Gasteiger partial charge is 0.347 e. The van der Waals surface area contributed by atoms with Gasteiger partial charge in [0.25, 0.3) is 0 Å². The molecule has 0 aromatic heterocycles. The predicted molar refractivity (Wildman–Crippen MR) is 82.0 cm³/mol. The van der Waals surface area contributed by atoms with E-state index in [1.807, 2.05) is 52.8 Å². The Bertz CT molecular complexity index is 601. The van der Waals surface area contributed by atoms with Crippen molar-refractivity contribution in [2.24, 2.45) is 0 Å². The Balaban J connectivity index is 0.000000161. The van der Waals surface area contributed by atoms with Gasteiger partial charge >= 0.3 is 0 Å². The van der Waals surface area contributed by atoms with Crippen LogP contribution in [0.4, 0.5) is 0 Å². The average molecular weight is 286 g/mol. The summed E-state index contributed by atoms with van der Waals surface area (Å²) in [5, 5.41) is 0. The zero-order chi connectivity index (χ0) is 15.7. The Labute approximate surface area is 126 Å². The monoisotopic (exact) mass is 286 g/mol. The number of Topliss-reactive ketones (excluding diaryl/α,β-unsaturated/α-hetero) is 1. The summed E-state index contributed by atoms with van der Waals surface area (Å²) in [7, 11) is 0. The van der Waals surface area contributed by atoms with Gasteiger partial charge in [0.2, 0.25) is 5.78 Å². The van der Waals surface area contributed by atoms with Crippen molar-refractivity contribution in [1.29, 1.82) is 0 Å². The van der Waals surface area contributed by atoms with Gasteiger partial charge in [0.1, 0.15) is 6.79 Å². The van der Waals surface area contributed by atoms with Gasteiger partial charge in [0, 0.05) is 12.0 Å². The first-order valence-electron chi connectivity index (χ1n) is 7.14. The van der Waals surface area contributed by atoms with Crippen LogP contribution in [0.5, 0.6) is 0 Å². The van der Waals surface area contributed by atoms with E-state index in [0.29, 0.717) is 13.2 Å². The van der Waals surface area contributed by atoms with Gasteiger partial charge in [0.15, 0.2) is 0 Å². The van der Waals surface area contributed by atoms with Crippen LogP contribution < -0.4 is 0 Å². The van der Waals surface area contributed by atoms with Crippen LogP contribution in [0, 0.1) is 18.8 Å². The summed E-state index contributed by atoms with van der Waals surface area (Å²) in [6.07, 6.45) is 0.481. The molecule has 1 aliphatic heterocycles. The highest BCUT2D eigenvalue weighted by Crippen LogP contribution is 2.34. The van der Waals surface area contributed by atoms with Crippen molar-refractivity contribution < 1.29 is 14.3 Å². The second-order valence-corrected chi connectivity index (χ2v) is 6.38. The van der Waals surface area contributed by atoms with E-state index in [9.17, 15) is 4.79 Å². The van der Waals surface area contributed by atoms with Gasteiger partial charge in [-0.05, 0) is 57.7 Å². The lowest BCUT2D eigenvalue weighted by Gasteiger charge is -2.30. The van der Waals surface area contributed by atoms with Crippen molar-refractivity contribution in [3.05, 3.63) is 34.9 Å². The maximum atomic E-state index is 11.0.